The highest BCUT2D eigenvalue weighted by atomic mass is 35.5. The number of methoxy groups -OCH3 is 1. The molecule has 4 aromatic rings. The summed E-state index contributed by atoms with van der Waals surface area (Å²) < 4.78 is 100. The third-order valence-electron chi connectivity index (χ3n) is 12.3. The Labute approximate surface area is 393 Å². The maximum absolute atomic E-state index is 13.8. The van der Waals surface area contributed by atoms with E-state index in [4.69, 9.17) is 38.4 Å². The molecule has 2 aromatic carbocycles. The van der Waals surface area contributed by atoms with E-state index < -0.39 is 48.2 Å². The largest absolute Gasteiger partial charge is 0.465 e. The maximum Gasteiger partial charge on any atom is 0.339 e. The van der Waals surface area contributed by atoms with Gasteiger partial charge in [-0.1, -0.05) is 23.2 Å². The minimum atomic E-state index is -3.81. The number of hydrogen-bond donors (Lipinski definition) is 1. The van der Waals surface area contributed by atoms with Crippen molar-refractivity contribution in [1.82, 2.24) is 19.8 Å². The van der Waals surface area contributed by atoms with Crippen LogP contribution in [0.4, 0.5) is 20.2 Å². The predicted molar refractivity (Wildman–Crippen MR) is 245 cm³/mol. The first-order chi connectivity index (χ1) is 31.6. The van der Waals surface area contributed by atoms with E-state index >= 15 is 0 Å². The Morgan fingerprint density at radius 1 is 0.697 bits per heavy atom. The zero-order chi connectivity index (χ0) is 47.2. The molecule has 16 nitrogen and oxygen atoms in total. The van der Waals surface area contributed by atoms with Gasteiger partial charge in [0.1, 0.15) is 11.6 Å². The number of carbonyl (C=O) groups excluding carboxylic acids is 2. The van der Waals surface area contributed by atoms with Crippen molar-refractivity contribution in [3.05, 3.63) is 117 Å². The number of Topliss-reactive ketones (excluding diaryl/α,β-unsaturated/α-hetero) is 1. The summed E-state index contributed by atoms with van der Waals surface area (Å²) in [5.41, 5.74) is 7.39. The zero-order valence-electron chi connectivity index (χ0n) is 36.1. The quantitative estimate of drug-likeness (QED) is 0.122. The van der Waals surface area contributed by atoms with Crippen LogP contribution in [0.2, 0.25) is 10.0 Å². The van der Waals surface area contributed by atoms with Crippen molar-refractivity contribution in [2.45, 2.75) is 61.4 Å². The fourth-order valence-electron chi connectivity index (χ4n) is 8.09. The Hall–Kier alpha value is -4.38. The van der Waals surface area contributed by atoms with Gasteiger partial charge in [-0.15, -0.1) is 0 Å². The van der Waals surface area contributed by atoms with Gasteiger partial charge in [-0.25, -0.2) is 30.4 Å². The third kappa shape index (κ3) is 11.5. The molecule has 0 radical (unpaired) electrons. The van der Waals surface area contributed by atoms with Crippen molar-refractivity contribution in [3.63, 3.8) is 0 Å². The lowest BCUT2D eigenvalue weighted by Crippen LogP contribution is -2.54. The molecule has 0 spiro atoms. The lowest BCUT2D eigenvalue weighted by molar-refractivity contribution is -0.0695. The van der Waals surface area contributed by atoms with E-state index in [0.29, 0.717) is 107 Å². The fraction of sp³-hybridized carbons (Fsp3) is 0.455. The summed E-state index contributed by atoms with van der Waals surface area (Å²) in [5.74, 6) is -2.05. The lowest BCUT2D eigenvalue weighted by Gasteiger charge is -2.42. The topological polar surface area (TPSA) is 195 Å². The maximum atomic E-state index is 13.8. The fourth-order valence-corrected chi connectivity index (χ4v) is 12.2. The van der Waals surface area contributed by atoms with Gasteiger partial charge in [-0.3, -0.25) is 33.2 Å². The second-order valence-electron chi connectivity index (χ2n) is 16.3. The first kappa shape index (κ1) is 49.5. The van der Waals surface area contributed by atoms with Crippen LogP contribution < -0.4 is 14.3 Å². The second kappa shape index (κ2) is 21.7. The summed E-state index contributed by atoms with van der Waals surface area (Å²) in [6.45, 7) is 5.13. The number of hydrogen-bond acceptors (Lipinski definition) is 14. The SMILES string of the molecule is COC(=O)c1ccc(CN(c2ccc(F)c(Cl)c2)S(=O)(=O)C2CCN(C3COC3)CC2)nc1.NCC(=O)c1ccc(CN(c2ccc(F)c(Cl)c2)S(=O)(=O)C2CCN(C3COC3)CC2)nc1. The molecule has 0 amide bonds. The van der Waals surface area contributed by atoms with Gasteiger partial charge in [-0.05, 0) is 113 Å². The highest BCUT2D eigenvalue weighted by molar-refractivity contribution is 7.93. The molecule has 4 saturated heterocycles. The van der Waals surface area contributed by atoms with Crippen molar-refractivity contribution < 1.29 is 49.4 Å². The van der Waals surface area contributed by atoms with Crippen molar-refractivity contribution in [2.24, 2.45) is 5.73 Å². The van der Waals surface area contributed by atoms with Crippen molar-refractivity contribution >= 4 is 66.4 Å². The molecular formula is C44H51Cl2F2N7O9S2. The molecule has 2 aromatic heterocycles. The van der Waals surface area contributed by atoms with E-state index in [1.807, 2.05) is 0 Å². The molecule has 22 heteroatoms. The third-order valence-corrected chi connectivity index (χ3v) is 17.4. The van der Waals surface area contributed by atoms with Gasteiger partial charge in [0, 0.05) is 18.0 Å². The number of nitrogens with two attached hydrogens (primary N) is 1. The summed E-state index contributed by atoms with van der Waals surface area (Å²) in [4.78, 5) is 36.5. The van der Waals surface area contributed by atoms with E-state index in [-0.39, 0.29) is 52.4 Å². The van der Waals surface area contributed by atoms with Crippen molar-refractivity contribution in [1.29, 1.82) is 0 Å². The van der Waals surface area contributed by atoms with Crippen LogP contribution in [0.15, 0.2) is 73.1 Å². The number of likely N-dealkylation sites (tertiary alicyclic amines) is 2. The summed E-state index contributed by atoms with van der Waals surface area (Å²) in [7, 11) is -6.35. The smallest absolute Gasteiger partial charge is 0.339 e. The summed E-state index contributed by atoms with van der Waals surface area (Å²) in [5, 5.41) is -1.50. The number of esters is 1. The number of anilines is 2. The van der Waals surface area contributed by atoms with Crippen LogP contribution in [-0.4, -0.2) is 137 Å². The summed E-state index contributed by atoms with van der Waals surface area (Å²) in [6.07, 6.45) is 4.66. The second-order valence-corrected chi connectivity index (χ2v) is 21.4. The summed E-state index contributed by atoms with van der Waals surface area (Å²) >= 11 is 11.9. The highest BCUT2D eigenvalue weighted by Gasteiger charge is 2.40. The molecular weight excluding hydrogens is 944 g/mol. The molecule has 0 saturated carbocycles. The minimum Gasteiger partial charge on any atom is -0.465 e. The van der Waals surface area contributed by atoms with Crippen LogP contribution >= 0.6 is 23.2 Å². The van der Waals surface area contributed by atoms with Crippen LogP contribution in [0.1, 0.15) is 57.8 Å². The molecule has 4 aliphatic rings. The molecule has 2 N–H and O–H groups in total. The van der Waals surface area contributed by atoms with Gasteiger partial charge in [-0.2, -0.15) is 0 Å². The first-order valence-corrected chi connectivity index (χ1v) is 25.1. The number of benzene rings is 2. The molecule has 6 heterocycles. The Morgan fingerprint density at radius 2 is 1.11 bits per heavy atom. The number of carbonyl (C=O) groups is 2. The molecule has 4 aliphatic heterocycles. The molecule has 0 aliphatic carbocycles. The van der Waals surface area contributed by atoms with Gasteiger partial charge >= 0.3 is 5.97 Å². The van der Waals surface area contributed by atoms with Crippen molar-refractivity contribution in [3.8, 4) is 0 Å². The van der Waals surface area contributed by atoms with Crippen LogP contribution in [0.3, 0.4) is 0 Å². The van der Waals surface area contributed by atoms with E-state index in [0.717, 1.165) is 12.1 Å². The van der Waals surface area contributed by atoms with Gasteiger partial charge in [0.15, 0.2) is 5.78 Å². The Morgan fingerprint density at radius 3 is 1.42 bits per heavy atom. The highest BCUT2D eigenvalue weighted by Crippen LogP contribution is 2.33. The Balaban J connectivity index is 0.000000196. The molecule has 4 fully saturated rings. The van der Waals surface area contributed by atoms with Crippen LogP contribution in [0.25, 0.3) is 0 Å². The predicted octanol–water partition coefficient (Wildman–Crippen LogP) is 5.08. The van der Waals surface area contributed by atoms with E-state index in [9.17, 15) is 35.2 Å². The van der Waals surface area contributed by atoms with Gasteiger partial charge in [0.05, 0.1) is 114 Å². The number of halogens is 4. The minimum absolute atomic E-state index is 0.0714. The van der Waals surface area contributed by atoms with Gasteiger partial charge in [0.2, 0.25) is 20.0 Å². The van der Waals surface area contributed by atoms with Crippen LogP contribution in [0, 0.1) is 11.6 Å². The number of ether oxygens (including phenoxy) is 3. The number of piperidine rings is 2. The van der Waals surface area contributed by atoms with Crippen LogP contribution in [-0.2, 0) is 47.3 Å². The Kier molecular flexibility index (Phi) is 16.3. The number of pyridine rings is 2. The Bertz CT molecular complexity index is 2380. The van der Waals surface area contributed by atoms with E-state index in [2.05, 4.69) is 24.5 Å². The summed E-state index contributed by atoms with van der Waals surface area (Å²) in [6, 6.07) is 14.7. The average Bonchev–Trinajstić information content (AvgIpc) is 3.28. The number of aromatic nitrogens is 2. The number of nitrogens with zero attached hydrogens (tertiary/aromatic N) is 6. The number of sulfonamides is 2. The molecule has 0 unspecified atom stereocenters. The van der Waals surface area contributed by atoms with E-state index in [1.165, 1.54) is 58.4 Å². The van der Waals surface area contributed by atoms with Crippen molar-refractivity contribution in [2.75, 3.05) is 74.9 Å². The van der Waals surface area contributed by atoms with Gasteiger partial charge in [0.25, 0.3) is 0 Å². The van der Waals surface area contributed by atoms with E-state index in [1.54, 1.807) is 18.2 Å². The average molecular weight is 995 g/mol. The first-order valence-electron chi connectivity index (χ1n) is 21.4. The van der Waals surface area contributed by atoms with Gasteiger partial charge < -0.3 is 19.9 Å². The molecule has 8 rings (SSSR count). The standard InChI is InChI=1S/C22H26ClFN4O4S.C22H25ClFN3O5S/c23-20-9-17(3-4-21(20)24)28(12-16-2-1-15(11-26-16)22(29)10-25)33(30,31)19-5-7-27(8-6-19)18-13-32-14-18;1-31-22(28)15-2-3-16(25-11-15)12-27(17-4-5-21(24)20(23)10-17)33(29,30)19-6-8-26(9-7-19)18-13-32-14-18/h1-4,9,11,18-19H,5-8,10,12-14,25H2;2-5,10-11,18-19H,6-9,12-14H2,1H3. The number of ketones is 1. The molecule has 0 bridgehead atoms. The molecule has 356 valence electrons. The molecule has 66 heavy (non-hydrogen) atoms. The number of rotatable bonds is 15. The zero-order valence-corrected chi connectivity index (χ0v) is 39.3. The van der Waals surface area contributed by atoms with Crippen LogP contribution in [0.5, 0.6) is 0 Å². The monoisotopic (exact) mass is 993 g/mol. The molecule has 0 atom stereocenters. The lowest BCUT2D eigenvalue weighted by atomic mass is 10.1. The normalized spacial score (nSPS) is 18.1.